The van der Waals surface area contributed by atoms with Crippen molar-refractivity contribution in [1.29, 1.82) is 0 Å². The molecule has 36 heavy (non-hydrogen) atoms. The Bertz CT molecular complexity index is 1090. The van der Waals surface area contributed by atoms with E-state index < -0.39 is 0 Å². The van der Waals surface area contributed by atoms with E-state index in [0.29, 0.717) is 44.0 Å². The van der Waals surface area contributed by atoms with E-state index >= 15 is 0 Å². The molecule has 2 fully saturated rings. The Balaban J connectivity index is 1.27. The topological polar surface area (TPSA) is 74.4 Å². The number of piperazine rings is 1. The summed E-state index contributed by atoms with van der Waals surface area (Å²) in [6.45, 7) is 6.43. The summed E-state index contributed by atoms with van der Waals surface area (Å²) < 4.78 is 11.0. The first-order valence-electron chi connectivity index (χ1n) is 12.9. The van der Waals surface area contributed by atoms with Crippen LogP contribution in [0.4, 0.5) is 11.4 Å². The lowest BCUT2D eigenvalue weighted by Gasteiger charge is -2.37. The maximum atomic E-state index is 13.3. The number of carbonyl (C=O) groups excluding carboxylic acids is 2. The second-order valence-corrected chi connectivity index (χ2v) is 9.95. The van der Waals surface area contributed by atoms with E-state index in [1.807, 2.05) is 17.0 Å². The summed E-state index contributed by atoms with van der Waals surface area (Å²) in [6, 6.07) is 11.5. The number of carbonyl (C=O) groups is 2. The van der Waals surface area contributed by atoms with Gasteiger partial charge in [0.05, 0.1) is 20.3 Å². The van der Waals surface area contributed by atoms with Gasteiger partial charge in [0.1, 0.15) is 5.75 Å². The molecule has 0 unspecified atom stereocenters. The smallest absolute Gasteiger partial charge is 0.254 e. The quantitative estimate of drug-likeness (QED) is 0.692. The van der Waals surface area contributed by atoms with E-state index in [2.05, 4.69) is 34.3 Å². The molecule has 8 heteroatoms. The highest BCUT2D eigenvalue weighted by atomic mass is 16.5. The van der Waals surface area contributed by atoms with E-state index in [1.54, 1.807) is 19.2 Å². The molecule has 2 aromatic carbocycles. The fraction of sp³-hybridized carbons (Fsp3) is 0.500. The summed E-state index contributed by atoms with van der Waals surface area (Å²) >= 11 is 0. The zero-order valence-corrected chi connectivity index (χ0v) is 21.3. The number of morpholine rings is 1. The maximum absolute atomic E-state index is 13.3. The zero-order valence-electron chi connectivity index (χ0n) is 21.3. The second kappa shape index (κ2) is 10.9. The van der Waals surface area contributed by atoms with Gasteiger partial charge < -0.3 is 29.5 Å². The summed E-state index contributed by atoms with van der Waals surface area (Å²) in [5.74, 6) is 0.846. The van der Waals surface area contributed by atoms with Gasteiger partial charge in [0.2, 0.25) is 5.91 Å². The molecule has 0 radical (unpaired) electrons. The molecule has 3 aliphatic rings. The van der Waals surface area contributed by atoms with Crippen LogP contribution in [0.2, 0.25) is 0 Å². The van der Waals surface area contributed by atoms with Crippen LogP contribution in [0.3, 0.4) is 0 Å². The van der Waals surface area contributed by atoms with Crippen molar-refractivity contribution < 1.29 is 19.1 Å². The van der Waals surface area contributed by atoms with Crippen molar-refractivity contribution in [2.75, 3.05) is 76.9 Å². The first-order chi connectivity index (χ1) is 17.5. The molecule has 1 aliphatic carbocycles. The molecule has 0 bridgehead atoms. The Labute approximate surface area is 213 Å². The van der Waals surface area contributed by atoms with Gasteiger partial charge in [-0.05, 0) is 73.8 Å². The van der Waals surface area contributed by atoms with Crippen molar-refractivity contribution in [3.8, 4) is 5.75 Å². The van der Waals surface area contributed by atoms with Crippen LogP contribution < -0.4 is 15.0 Å². The Morgan fingerprint density at radius 2 is 1.67 bits per heavy atom. The summed E-state index contributed by atoms with van der Waals surface area (Å²) in [4.78, 5) is 32.6. The van der Waals surface area contributed by atoms with Crippen molar-refractivity contribution in [1.82, 2.24) is 9.80 Å². The average Bonchev–Trinajstić information content (AvgIpc) is 2.93. The number of rotatable bonds is 5. The highest BCUT2D eigenvalue weighted by Crippen LogP contribution is 2.39. The van der Waals surface area contributed by atoms with Crippen molar-refractivity contribution in [2.45, 2.75) is 19.3 Å². The van der Waals surface area contributed by atoms with E-state index in [4.69, 9.17) is 9.47 Å². The summed E-state index contributed by atoms with van der Waals surface area (Å²) in [5.41, 5.74) is 5.07. The first-order valence-corrected chi connectivity index (χ1v) is 12.9. The van der Waals surface area contributed by atoms with Crippen molar-refractivity contribution in [3.63, 3.8) is 0 Å². The molecular formula is C28H36N4O4. The summed E-state index contributed by atoms with van der Waals surface area (Å²) in [6.07, 6.45) is 2.31. The third-order valence-corrected chi connectivity index (χ3v) is 7.69. The van der Waals surface area contributed by atoms with Crippen molar-refractivity contribution in [2.24, 2.45) is 5.92 Å². The lowest BCUT2D eigenvalue weighted by atomic mass is 9.81. The van der Waals surface area contributed by atoms with Crippen molar-refractivity contribution >= 4 is 23.2 Å². The molecule has 8 nitrogen and oxygen atoms in total. The second-order valence-electron chi connectivity index (χ2n) is 9.95. The number of hydrogen-bond acceptors (Lipinski definition) is 6. The van der Waals surface area contributed by atoms with Crippen LogP contribution in [-0.2, 0) is 22.4 Å². The standard InChI is InChI=1S/C28H36N4O4/c1-30-11-13-31(14-12-30)25-9-10-26(35-2)23-8-5-21(19-24(23)25)27(33)29-22-6-3-20(4-7-22)28(34)32-15-17-36-18-16-32/h3-4,6-7,9-10,21H,5,8,11-19H2,1-2H3,(H,29,33)/t21-/m1/s1. The molecule has 2 aliphatic heterocycles. The third kappa shape index (κ3) is 5.20. The minimum atomic E-state index is -0.106. The molecule has 2 saturated heterocycles. The Morgan fingerprint density at radius 3 is 2.36 bits per heavy atom. The van der Waals surface area contributed by atoms with E-state index in [-0.39, 0.29) is 17.7 Å². The predicted octanol–water partition coefficient (Wildman–Crippen LogP) is 2.66. The van der Waals surface area contributed by atoms with Gasteiger partial charge in [-0.3, -0.25) is 9.59 Å². The largest absolute Gasteiger partial charge is 0.496 e. The highest BCUT2D eigenvalue weighted by Gasteiger charge is 2.30. The van der Waals surface area contributed by atoms with Crippen LogP contribution in [0.15, 0.2) is 36.4 Å². The molecule has 2 heterocycles. The summed E-state index contributed by atoms with van der Waals surface area (Å²) in [5, 5.41) is 3.09. The Hall–Kier alpha value is -3.10. The van der Waals surface area contributed by atoms with E-state index in [1.165, 1.54) is 16.8 Å². The zero-order chi connectivity index (χ0) is 25.1. The van der Waals surface area contributed by atoms with Crippen LogP contribution in [0, 0.1) is 5.92 Å². The van der Waals surface area contributed by atoms with E-state index in [0.717, 1.165) is 44.8 Å². The molecule has 0 aromatic heterocycles. The normalized spacial score (nSPS) is 20.6. The van der Waals surface area contributed by atoms with E-state index in [9.17, 15) is 9.59 Å². The fourth-order valence-corrected chi connectivity index (χ4v) is 5.48. The minimum absolute atomic E-state index is 0.00504. The van der Waals surface area contributed by atoms with Gasteiger partial charge in [-0.2, -0.15) is 0 Å². The highest BCUT2D eigenvalue weighted by molar-refractivity contribution is 5.96. The van der Waals surface area contributed by atoms with Gasteiger partial charge >= 0.3 is 0 Å². The monoisotopic (exact) mass is 492 g/mol. The van der Waals surface area contributed by atoms with Gasteiger partial charge in [0, 0.05) is 62.1 Å². The first kappa shape index (κ1) is 24.6. The number of ether oxygens (including phenoxy) is 2. The molecule has 1 atom stereocenters. The molecule has 1 N–H and O–H groups in total. The Morgan fingerprint density at radius 1 is 0.944 bits per heavy atom. The maximum Gasteiger partial charge on any atom is 0.254 e. The number of amides is 2. The van der Waals surface area contributed by atoms with Gasteiger partial charge in [-0.1, -0.05) is 0 Å². The third-order valence-electron chi connectivity index (χ3n) is 7.69. The molecule has 5 rings (SSSR count). The summed E-state index contributed by atoms with van der Waals surface area (Å²) in [7, 11) is 3.88. The number of nitrogens with zero attached hydrogens (tertiary/aromatic N) is 3. The minimum Gasteiger partial charge on any atom is -0.496 e. The number of nitrogens with one attached hydrogen (secondary N) is 1. The number of fused-ring (bicyclic) bond motifs is 1. The SMILES string of the molecule is COc1ccc(N2CCN(C)CC2)c2c1CC[C@@H](C(=O)Nc1ccc(C(=O)N3CCOCC3)cc1)C2. The molecule has 192 valence electrons. The number of hydrogen-bond donors (Lipinski definition) is 1. The van der Waals surface area contributed by atoms with Crippen LogP contribution in [0.1, 0.15) is 27.9 Å². The van der Waals surface area contributed by atoms with Gasteiger partial charge in [-0.15, -0.1) is 0 Å². The number of benzene rings is 2. The lowest BCUT2D eigenvalue weighted by molar-refractivity contribution is -0.120. The van der Waals surface area contributed by atoms with Crippen LogP contribution >= 0.6 is 0 Å². The number of methoxy groups -OCH3 is 1. The molecule has 2 aromatic rings. The molecule has 0 spiro atoms. The van der Waals surface area contributed by atoms with Crippen LogP contribution in [0.5, 0.6) is 5.75 Å². The molecular weight excluding hydrogens is 456 g/mol. The number of likely N-dealkylation sites (N-methyl/N-ethyl adjacent to an activating group) is 1. The lowest BCUT2D eigenvalue weighted by Crippen LogP contribution is -2.45. The van der Waals surface area contributed by atoms with Gasteiger partial charge in [0.25, 0.3) is 5.91 Å². The predicted molar refractivity (Wildman–Crippen MR) is 140 cm³/mol. The number of anilines is 2. The van der Waals surface area contributed by atoms with Crippen LogP contribution in [0.25, 0.3) is 0 Å². The van der Waals surface area contributed by atoms with Crippen molar-refractivity contribution in [3.05, 3.63) is 53.1 Å². The molecule has 0 saturated carbocycles. The Kier molecular flexibility index (Phi) is 7.43. The van der Waals surface area contributed by atoms with Gasteiger partial charge in [-0.25, -0.2) is 0 Å². The molecule has 2 amide bonds. The average molecular weight is 493 g/mol. The van der Waals surface area contributed by atoms with Crippen LogP contribution in [-0.4, -0.2) is 88.3 Å². The fourth-order valence-electron chi connectivity index (χ4n) is 5.48. The van der Waals surface area contributed by atoms with Gasteiger partial charge in [0.15, 0.2) is 0 Å².